The highest BCUT2D eigenvalue weighted by atomic mass is 32.2. The molecule has 2 fully saturated rings. The minimum absolute atomic E-state index is 0.182. The third-order valence-corrected chi connectivity index (χ3v) is 6.96. The number of sulfonamides is 1. The van der Waals surface area contributed by atoms with Gasteiger partial charge in [-0.25, -0.2) is 12.7 Å². The summed E-state index contributed by atoms with van der Waals surface area (Å²) in [6, 6.07) is 6.12. The molecule has 28 heavy (non-hydrogen) atoms. The van der Waals surface area contributed by atoms with Gasteiger partial charge in [0.05, 0.1) is 29.9 Å². The van der Waals surface area contributed by atoms with Crippen LogP contribution in [0.1, 0.15) is 37.0 Å². The molecule has 0 spiro atoms. The third kappa shape index (κ3) is 3.89. The van der Waals surface area contributed by atoms with Gasteiger partial charge in [0.15, 0.2) is 0 Å². The average Bonchev–Trinajstić information content (AvgIpc) is 2.88. The molecule has 2 aliphatic rings. The second kappa shape index (κ2) is 7.90. The van der Waals surface area contributed by atoms with Crippen LogP contribution in [-0.4, -0.2) is 56.6 Å². The van der Waals surface area contributed by atoms with Gasteiger partial charge in [0.2, 0.25) is 15.9 Å². The van der Waals surface area contributed by atoms with Crippen LogP contribution >= 0.6 is 0 Å². The van der Waals surface area contributed by atoms with Gasteiger partial charge >= 0.3 is 5.97 Å². The van der Waals surface area contributed by atoms with Gasteiger partial charge in [-0.1, -0.05) is 13.0 Å². The zero-order valence-electron chi connectivity index (χ0n) is 16.0. The predicted octanol–water partition coefficient (Wildman–Crippen LogP) is 1.41. The molecule has 3 rings (SSSR count). The Hall–Kier alpha value is -2.42. The van der Waals surface area contributed by atoms with Crippen molar-refractivity contribution in [3.8, 4) is 0 Å². The number of hydrogen-bond donors (Lipinski definition) is 0. The van der Waals surface area contributed by atoms with Gasteiger partial charge < -0.3 is 9.64 Å². The van der Waals surface area contributed by atoms with E-state index < -0.39 is 21.8 Å². The fourth-order valence-electron chi connectivity index (χ4n) is 3.61. The molecule has 8 nitrogen and oxygen atoms in total. The Morgan fingerprint density at radius 3 is 2.46 bits per heavy atom. The molecule has 1 unspecified atom stereocenters. The molecule has 1 atom stereocenters. The van der Waals surface area contributed by atoms with E-state index in [4.69, 9.17) is 4.74 Å². The Bertz CT molecular complexity index is 889. The summed E-state index contributed by atoms with van der Waals surface area (Å²) in [6.45, 7) is 4.51. The maximum absolute atomic E-state index is 12.8. The van der Waals surface area contributed by atoms with E-state index in [9.17, 15) is 22.8 Å². The van der Waals surface area contributed by atoms with E-state index in [1.54, 1.807) is 30.9 Å². The first-order valence-electron chi connectivity index (χ1n) is 9.37. The van der Waals surface area contributed by atoms with Crippen LogP contribution in [0.25, 0.3) is 0 Å². The minimum atomic E-state index is -3.72. The lowest BCUT2D eigenvalue weighted by Crippen LogP contribution is -2.40. The third-order valence-electron chi connectivity index (χ3n) is 5.09. The number of amides is 2. The van der Waals surface area contributed by atoms with Gasteiger partial charge in [0, 0.05) is 18.7 Å². The quantitative estimate of drug-likeness (QED) is 0.699. The number of rotatable bonds is 4. The smallest absolute Gasteiger partial charge is 0.309 e. The van der Waals surface area contributed by atoms with E-state index in [2.05, 4.69) is 0 Å². The lowest BCUT2D eigenvalue weighted by Gasteiger charge is -2.31. The van der Waals surface area contributed by atoms with E-state index >= 15 is 0 Å². The van der Waals surface area contributed by atoms with E-state index in [0.29, 0.717) is 38.1 Å². The highest BCUT2D eigenvalue weighted by Crippen LogP contribution is 2.29. The van der Waals surface area contributed by atoms with Gasteiger partial charge in [-0.2, -0.15) is 0 Å². The van der Waals surface area contributed by atoms with Gasteiger partial charge in [-0.15, -0.1) is 0 Å². The highest BCUT2D eigenvalue weighted by molar-refractivity contribution is 7.94. The van der Waals surface area contributed by atoms with Crippen molar-refractivity contribution < 1.29 is 27.5 Å². The number of benzene rings is 1. The van der Waals surface area contributed by atoms with Crippen molar-refractivity contribution in [3.63, 3.8) is 0 Å². The zero-order chi connectivity index (χ0) is 20.5. The Balaban J connectivity index is 1.74. The van der Waals surface area contributed by atoms with Crippen LogP contribution < -0.4 is 4.31 Å². The first kappa shape index (κ1) is 20.3. The summed E-state index contributed by atoms with van der Waals surface area (Å²) in [5.41, 5.74) is 0.497. The molecular weight excluding hydrogens is 384 g/mol. The molecule has 9 heteroatoms. The second-order valence-corrected chi connectivity index (χ2v) is 9.01. The van der Waals surface area contributed by atoms with Crippen LogP contribution in [0, 0.1) is 11.8 Å². The molecule has 2 amide bonds. The summed E-state index contributed by atoms with van der Waals surface area (Å²) < 4.78 is 30.4. The Labute approximate surface area is 164 Å². The van der Waals surface area contributed by atoms with E-state index in [0.717, 1.165) is 4.31 Å². The van der Waals surface area contributed by atoms with Crippen molar-refractivity contribution in [1.82, 2.24) is 4.90 Å². The topological polar surface area (TPSA) is 101 Å². The number of hydrogen-bond acceptors (Lipinski definition) is 6. The van der Waals surface area contributed by atoms with Crippen molar-refractivity contribution in [1.29, 1.82) is 0 Å². The van der Waals surface area contributed by atoms with Crippen LogP contribution in [0.5, 0.6) is 0 Å². The summed E-state index contributed by atoms with van der Waals surface area (Å²) in [6.07, 6.45) is 1.06. The van der Waals surface area contributed by atoms with Gasteiger partial charge in [-0.05, 0) is 38.0 Å². The van der Waals surface area contributed by atoms with E-state index in [1.807, 2.05) is 0 Å². The maximum atomic E-state index is 12.8. The molecule has 0 N–H and O–H groups in total. The SMILES string of the molecule is CCOC(=O)C1CCN(C(=O)c2cccc(N3C(=O)C(C)CS3(=O)=O)c2)CC1. The molecule has 0 bridgehead atoms. The van der Waals surface area contributed by atoms with Crippen LogP contribution in [0.4, 0.5) is 5.69 Å². The first-order valence-corrected chi connectivity index (χ1v) is 11.0. The number of carbonyl (C=O) groups is 3. The summed E-state index contributed by atoms with van der Waals surface area (Å²) >= 11 is 0. The van der Waals surface area contributed by atoms with Crippen molar-refractivity contribution in [2.45, 2.75) is 26.7 Å². The lowest BCUT2D eigenvalue weighted by molar-refractivity contribution is -0.149. The molecule has 0 aromatic heterocycles. The average molecular weight is 408 g/mol. The van der Waals surface area contributed by atoms with Crippen molar-refractivity contribution in [3.05, 3.63) is 29.8 Å². The lowest BCUT2D eigenvalue weighted by atomic mass is 9.96. The fourth-order valence-corrected chi connectivity index (χ4v) is 5.43. The molecule has 2 saturated heterocycles. The minimum Gasteiger partial charge on any atom is -0.466 e. The summed E-state index contributed by atoms with van der Waals surface area (Å²) in [5, 5.41) is 0. The summed E-state index contributed by atoms with van der Waals surface area (Å²) in [5.74, 6) is -2.01. The number of piperidine rings is 1. The standard InChI is InChI=1S/C19H24N2O6S/c1-3-27-19(24)14-7-9-20(10-8-14)18(23)15-5-4-6-16(11-15)21-17(22)13(2)12-28(21,25)26/h4-6,11,13-14H,3,7-10,12H2,1-2H3. The Kier molecular flexibility index (Phi) is 5.74. The molecule has 2 heterocycles. The van der Waals surface area contributed by atoms with Gasteiger partial charge in [0.25, 0.3) is 5.91 Å². The highest BCUT2D eigenvalue weighted by Gasteiger charge is 2.42. The van der Waals surface area contributed by atoms with Crippen molar-refractivity contribution in [2.75, 3.05) is 29.8 Å². The first-order chi connectivity index (χ1) is 13.2. The van der Waals surface area contributed by atoms with Crippen LogP contribution in [-0.2, 0) is 24.3 Å². The van der Waals surface area contributed by atoms with Crippen molar-refractivity contribution in [2.24, 2.45) is 11.8 Å². The molecule has 0 radical (unpaired) electrons. The Morgan fingerprint density at radius 1 is 1.21 bits per heavy atom. The molecule has 1 aromatic rings. The van der Waals surface area contributed by atoms with Crippen LogP contribution in [0.3, 0.4) is 0 Å². The van der Waals surface area contributed by atoms with E-state index in [-0.39, 0.29) is 29.2 Å². The number of esters is 1. The van der Waals surface area contributed by atoms with Crippen molar-refractivity contribution >= 4 is 33.5 Å². The number of likely N-dealkylation sites (tertiary alicyclic amines) is 1. The van der Waals surface area contributed by atoms with Crippen LogP contribution in [0.15, 0.2) is 24.3 Å². The molecule has 1 aromatic carbocycles. The molecule has 2 aliphatic heterocycles. The largest absolute Gasteiger partial charge is 0.466 e. The van der Waals surface area contributed by atoms with Gasteiger partial charge in [0.1, 0.15) is 0 Å². The summed E-state index contributed by atoms with van der Waals surface area (Å²) in [7, 11) is -3.72. The monoisotopic (exact) mass is 408 g/mol. The van der Waals surface area contributed by atoms with Gasteiger partial charge in [-0.3, -0.25) is 14.4 Å². The maximum Gasteiger partial charge on any atom is 0.309 e. The molecule has 0 aliphatic carbocycles. The van der Waals surface area contributed by atoms with E-state index in [1.165, 1.54) is 12.1 Å². The Morgan fingerprint density at radius 2 is 1.89 bits per heavy atom. The number of anilines is 1. The zero-order valence-corrected chi connectivity index (χ0v) is 16.8. The summed E-state index contributed by atoms with van der Waals surface area (Å²) in [4.78, 5) is 38.6. The number of ether oxygens (including phenoxy) is 1. The molecular formula is C19H24N2O6S. The fraction of sp³-hybridized carbons (Fsp3) is 0.526. The predicted molar refractivity (Wildman–Crippen MR) is 102 cm³/mol. The molecule has 0 saturated carbocycles. The molecule has 152 valence electrons. The normalized spacial score (nSPS) is 22.4. The number of nitrogens with zero attached hydrogens (tertiary/aromatic N) is 2. The van der Waals surface area contributed by atoms with Crippen LogP contribution in [0.2, 0.25) is 0 Å². The second-order valence-electron chi connectivity index (χ2n) is 7.15. The number of carbonyl (C=O) groups excluding carboxylic acids is 3.